The van der Waals surface area contributed by atoms with E-state index in [2.05, 4.69) is 10.2 Å². The number of thiazole rings is 1. The normalized spacial score (nSPS) is 18.4. The van der Waals surface area contributed by atoms with E-state index < -0.39 is 11.2 Å². The van der Waals surface area contributed by atoms with Crippen molar-refractivity contribution in [3.05, 3.63) is 64.0 Å². The van der Waals surface area contributed by atoms with Gasteiger partial charge in [-0.2, -0.15) is 4.98 Å². The summed E-state index contributed by atoms with van der Waals surface area (Å²) >= 11 is 6.70. The molecule has 6 rings (SSSR count). The predicted molar refractivity (Wildman–Crippen MR) is 136 cm³/mol. The number of anilines is 3. The first-order chi connectivity index (χ1) is 16.5. The standard InChI is InChI=1S/C24H21ClFN5OS2/c25-15-4-5-20-19(12-15)28-23(33-20)14-6-9-31(10-7-14)24-29-18-8-11-34(32)21(18)22(30-24)27-17-3-1-2-16(26)13-17/h1-5,12-14H,6-11H2,(H,27,29,30). The Balaban J connectivity index is 1.23. The lowest BCUT2D eigenvalue weighted by Gasteiger charge is -2.31. The number of aromatic nitrogens is 3. The minimum absolute atomic E-state index is 0.337. The van der Waals surface area contributed by atoms with E-state index in [1.165, 1.54) is 12.1 Å². The van der Waals surface area contributed by atoms with Crippen molar-refractivity contribution in [2.24, 2.45) is 0 Å². The minimum atomic E-state index is -1.16. The van der Waals surface area contributed by atoms with E-state index in [1.54, 1.807) is 23.5 Å². The van der Waals surface area contributed by atoms with Gasteiger partial charge in [-0.1, -0.05) is 17.7 Å². The van der Waals surface area contributed by atoms with Crippen molar-refractivity contribution in [3.8, 4) is 0 Å². The molecule has 1 saturated heterocycles. The number of piperidine rings is 1. The highest BCUT2D eigenvalue weighted by atomic mass is 35.5. The molecule has 174 valence electrons. The molecule has 2 aromatic heterocycles. The maximum absolute atomic E-state index is 13.7. The summed E-state index contributed by atoms with van der Waals surface area (Å²) in [5, 5.41) is 5.03. The Morgan fingerprint density at radius 1 is 1.12 bits per heavy atom. The molecule has 1 atom stereocenters. The summed E-state index contributed by atoms with van der Waals surface area (Å²) in [6.07, 6.45) is 2.55. The predicted octanol–water partition coefficient (Wildman–Crippen LogP) is 5.67. The molecule has 34 heavy (non-hydrogen) atoms. The first-order valence-electron chi connectivity index (χ1n) is 11.2. The van der Waals surface area contributed by atoms with Crippen LogP contribution in [0.25, 0.3) is 10.2 Å². The molecule has 10 heteroatoms. The van der Waals surface area contributed by atoms with Crippen molar-refractivity contribution in [3.63, 3.8) is 0 Å². The molecule has 1 fully saturated rings. The minimum Gasteiger partial charge on any atom is -0.611 e. The molecule has 0 bridgehead atoms. The number of nitrogens with one attached hydrogen (secondary N) is 1. The van der Waals surface area contributed by atoms with Crippen LogP contribution in [0.4, 0.5) is 21.8 Å². The van der Waals surface area contributed by atoms with Crippen molar-refractivity contribution in [2.75, 3.05) is 29.1 Å². The Labute approximate surface area is 208 Å². The lowest BCUT2D eigenvalue weighted by Crippen LogP contribution is -2.34. The number of hydrogen-bond acceptors (Lipinski definition) is 7. The Morgan fingerprint density at radius 3 is 2.79 bits per heavy atom. The highest BCUT2D eigenvalue weighted by Gasteiger charge is 2.34. The molecule has 0 aliphatic carbocycles. The van der Waals surface area contributed by atoms with Gasteiger partial charge in [-0.3, -0.25) is 0 Å². The van der Waals surface area contributed by atoms with Crippen molar-refractivity contribution in [1.29, 1.82) is 0 Å². The molecular weight excluding hydrogens is 493 g/mol. The summed E-state index contributed by atoms with van der Waals surface area (Å²) in [4.78, 5) is 17.2. The summed E-state index contributed by atoms with van der Waals surface area (Å²) in [5.41, 5.74) is 2.34. The van der Waals surface area contributed by atoms with Crippen LogP contribution in [0.5, 0.6) is 0 Å². The van der Waals surface area contributed by atoms with Crippen molar-refractivity contribution in [1.82, 2.24) is 15.0 Å². The number of aryl methyl sites for hydroxylation is 1. The third-order valence-corrected chi connectivity index (χ3v) is 9.15. The van der Waals surface area contributed by atoms with Crippen LogP contribution in [0.1, 0.15) is 29.5 Å². The lowest BCUT2D eigenvalue weighted by molar-refractivity contribution is 0.498. The first kappa shape index (κ1) is 22.0. The molecule has 0 radical (unpaired) electrons. The number of hydrogen-bond donors (Lipinski definition) is 1. The van der Waals surface area contributed by atoms with Gasteiger partial charge in [0, 0.05) is 36.1 Å². The van der Waals surface area contributed by atoms with Crippen molar-refractivity contribution < 1.29 is 8.94 Å². The van der Waals surface area contributed by atoms with Gasteiger partial charge in [0.15, 0.2) is 5.82 Å². The fourth-order valence-corrected chi connectivity index (χ4v) is 7.12. The third kappa shape index (κ3) is 4.22. The average Bonchev–Trinajstić information content (AvgIpc) is 3.42. The smallest absolute Gasteiger partial charge is 0.227 e. The summed E-state index contributed by atoms with van der Waals surface area (Å²) in [5.74, 6) is 1.72. The van der Waals surface area contributed by atoms with Crippen LogP contribution in [0.2, 0.25) is 5.02 Å². The Kier molecular flexibility index (Phi) is 5.81. The van der Waals surface area contributed by atoms with Gasteiger partial charge in [0.25, 0.3) is 0 Å². The molecule has 1 N–H and O–H groups in total. The Hall–Kier alpha value is -2.46. The van der Waals surface area contributed by atoms with Gasteiger partial charge in [0.2, 0.25) is 10.8 Å². The highest BCUT2D eigenvalue weighted by molar-refractivity contribution is 7.91. The van der Waals surface area contributed by atoms with E-state index in [-0.39, 0.29) is 5.82 Å². The largest absolute Gasteiger partial charge is 0.611 e. The van der Waals surface area contributed by atoms with Crippen LogP contribution in [0.15, 0.2) is 47.4 Å². The van der Waals surface area contributed by atoms with Crippen LogP contribution >= 0.6 is 22.9 Å². The molecule has 0 saturated carbocycles. The Morgan fingerprint density at radius 2 is 1.97 bits per heavy atom. The lowest BCUT2D eigenvalue weighted by atomic mass is 9.98. The zero-order valence-corrected chi connectivity index (χ0v) is 20.5. The van der Waals surface area contributed by atoms with Gasteiger partial charge in [0.05, 0.1) is 15.2 Å². The Bertz CT molecular complexity index is 1370. The van der Waals surface area contributed by atoms with E-state index in [9.17, 15) is 8.94 Å². The number of halogens is 2. The second-order valence-electron chi connectivity index (χ2n) is 8.51. The molecule has 4 heterocycles. The summed E-state index contributed by atoms with van der Waals surface area (Å²) < 4.78 is 27.5. The molecule has 4 aromatic rings. The molecule has 2 aliphatic heterocycles. The number of benzene rings is 2. The first-order valence-corrected chi connectivity index (χ1v) is 13.7. The topological polar surface area (TPSA) is 77.0 Å². The van der Waals surface area contributed by atoms with Crippen molar-refractivity contribution >= 4 is 61.8 Å². The molecule has 0 spiro atoms. The van der Waals surface area contributed by atoms with Gasteiger partial charge in [-0.25, -0.2) is 14.4 Å². The quantitative estimate of drug-likeness (QED) is 0.354. The number of nitrogens with zero attached hydrogens (tertiary/aromatic N) is 4. The molecule has 6 nitrogen and oxygen atoms in total. The zero-order chi connectivity index (χ0) is 23.2. The number of rotatable bonds is 4. The molecule has 2 aromatic carbocycles. The van der Waals surface area contributed by atoms with E-state index in [4.69, 9.17) is 26.6 Å². The van der Waals surface area contributed by atoms with Gasteiger partial charge >= 0.3 is 0 Å². The molecule has 2 aliphatic rings. The summed E-state index contributed by atoms with van der Waals surface area (Å²) in [7, 11) is 0. The van der Waals surface area contributed by atoms with Crippen LogP contribution in [-0.4, -0.2) is 38.3 Å². The van der Waals surface area contributed by atoms with E-state index >= 15 is 0 Å². The van der Waals surface area contributed by atoms with E-state index in [0.717, 1.165) is 46.8 Å². The van der Waals surface area contributed by atoms with E-state index in [0.29, 0.717) is 45.5 Å². The van der Waals surface area contributed by atoms with Crippen LogP contribution in [0.3, 0.4) is 0 Å². The molecule has 1 unspecified atom stereocenters. The third-order valence-electron chi connectivity index (χ3n) is 6.26. The summed E-state index contributed by atoms with van der Waals surface area (Å²) in [6.45, 7) is 1.62. The number of fused-ring (bicyclic) bond motifs is 2. The van der Waals surface area contributed by atoms with Crippen LogP contribution < -0.4 is 10.2 Å². The van der Waals surface area contributed by atoms with Gasteiger partial charge in [0.1, 0.15) is 17.3 Å². The maximum atomic E-state index is 13.7. The molecule has 0 amide bonds. The van der Waals surface area contributed by atoms with Gasteiger partial charge < -0.3 is 14.8 Å². The highest BCUT2D eigenvalue weighted by Crippen LogP contribution is 2.37. The van der Waals surface area contributed by atoms with Crippen LogP contribution in [0, 0.1) is 5.82 Å². The van der Waals surface area contributed by atoms with Gasteiger partial charge in [-0.15, -0.1) is 11.3 Å². The SMILES string of the molecule is [O-][S+]1CCc2nc(N3CCC(c4nc5cc(Cl)ccc5s4)CC3)nc(Nc3cccc(F)c3)c21. The second-order valence-corrected chi connectivity index (χ2v) is 11.5. The molecular formula is C24H21ClFN5OS2. The maximum Gasteiger partial charge on any atom is 0.227 e. The summed E-state index contributed by atoms with van der Waals surface area (Å²) in [6, 6.07) is 12.1. The monoisotopic (exact) mass is 513 g/mol. The van der Waals surface area contributed by atoms with Crippen LogP contribution in [-0.2, 0) is 17.6 Å². The fourth-order valence-electron chi connectivity index (χ4n) is 4.53. The van der Waals surface area contributed by atoms with Crippen molar-refractivity contribution in [2.45, 2.75) is 30.1 Å². The average molecular weight is 514 g/mol. The van der Waals surface area contributed by atoms with Gasteiger partial charge in [-0.05, 0) is 60.4 Å². The second kappa shape index (κ2) is 8.96. The van der Waals surface area contributed by atoms with E-state index in [1.807, 2.05) is 18.2 Å². The zero-order valence-electron chi connectivity index (χ0n) is 18.1. The fraction of sp³-hybridized carbons (Fsp3) is 0.292.